The van der Waals surface area contributed by atoms with Crippen LogP contribution in [-0.4, -0.2) is 9.78 Å². The molecule has 0 atom stereocenters. The van der Waals surface area contributed by atoms with Gasteiger partial charge in [-0.05, 0) is 36.6 Å². The van der Waals surface area contributed by atoms with Crippen LogP contribution in [0.1, 0.15) is 25.1 Å². The highest BCUT2D eigenvalue weighted by Gasteiger charge is 2.06. The van der Waals surface area contributed by atoms with E-state index in [9.17, 15) is 4.79 Å². The molecule has 0 saturated heterocycles. The quantitative estimate of drug-likeness (QED) is 0.895. The van der Waals surface area contributed by atoms with Crippen LogP contribution in [0, 0.1) is 17.2 Å². The zero-order valence-corrected chi connectivity index (χ0v) is 10.5. The number of aromatic nitrogens is 2. The van der Waals surface area contributed by atoms with Gasteiger partial charge in [-0.25, -0.2) is 4.68 Å². The molecule has 1 aromatic heterocycles. The molecular weight excluding hydrogens is 226 g/mol. The summed E-state index contributed by atoms with van der Waals surface area (Å²) in [5.74, 6) is 0.498. The van der Waals surface area contributed by atoms with Crippen molar-refractivity contribution in [1.29, 1.82) is 5.26 Å². The van der Waals surface area contributed by atoms with Crippen molar-refractivity contribution in [3.05, 3.63) is 51.9 Å². The van der Waals surface area contributed by atoms with E-state index in [-0.39, 0.29) is 5.56 Å². The highest BCUT2D eigenvalue weighted by Crippen LogP contribution is 2.08. The zero-order chi connectivity index (χ0) is 13.1. The van der Waals surface area contributed by atoms with Crippen molar-refractivity contribution in [2.75, 3.05) is 0 Å². The Balaban J connectivity index is 2.35. The summed E-state index contributed by atoms with van der Waals surface area (Å²) in [6.07, 6.45) is 0.846. The lowest BCUT2D eigenvalue weighted by molar-refractivity contribution is 0.628. The summed E-state index contributed by atoms with van der Waals surface area (Å²) in [6.45, 7) is 4.22. The van der Waals surface area contributed by atoms with Crippen molar-refractivity contribution < 1.29 is 0 Å². The van der Waals surface area contributed by atoms with Crippen molar-refractivity contribution in [3.63, 3.8) is 0 Å². The molecule has 0 amide bonds. The van der Waals surface area contributed by atoms with Crippen LogP contribution >= 0.6 is 0 Å². The fourth-order valence-electron chi connectivity index (χ4n) is 1.87. The number of hydrogen-bond donors (Lipinski definition) is 1. The number of nitrogens with one attached hydrogen (secondary N) is 1. The van der Waals surface area contributed by atoms with Gasteiger partial charge in [0.15, 0.2) is 0 Å². The largest absolute Gasteiger partial charge is 0.295 e. The second-order valence-corrected chi connectivity index (χ2v) is 4.71. The highest BCUT2D eigenvalue weighted by atomic mass is 16.1. The third-order valence-corrected chi connectivity index (χ3v) is 2.66. The van der Waals surface area contributed by atoms with E-state index in [4.69, 9.17) is 5.26 Å². The second-order valence-electron chi connectivity index (χ2n) is 4.71. The molecular formula is C14H15N3O. The van der Waals surface area contributed by atoms with Gasteiger partial charge in [-0.3, -0.25) is 9.89 Å². The van der Waals surface area contributed by atoms with Gasteiger partial charge >= 0.3 is 0 Å². The van der Waals surface area contributed by atoms with Gasteiger partial charge in [-0.2, -0.15) is 5.26 Å². The van der Waals surface area contributed by atoms with E-state index in [1.54, 1.807) is 30.3 Å². The Morgan fingerprint density at radius 3 is 2.56 bits per heavy atom. The summed E-state index contributed by atoms with van der Waals surface area (Å²) in [6, 6.07) is 10.6. The first-order valence-corrected chi connectivity index (χ1v) is 5.91. The standard InChI is InChI=1S/C14H15N3O/c1-10(2)7-12-8-14(18)17(16-12)13-5-3-11(9-15)4-6-13/h3-6,8,10,16H,7H2,1-2H3. The number of nitriles is 1. The number of aromatic amines is 1. The molecule has 0 fully saturated rings. The fraction of sp³-hybridized carbons (Fsp3) is 0.286. The second kappa shape index (κ2) is 4.92. The van der Waals surface area contributed by atoms with Gasteiger partial charge in [0, 0.05) is 11.8 Å². The summed E-state index contributed by atoms with van der Waals surface area (Å²) in [5, 5.41) is 11.8. The van der Waals surface area contributed by atoms with Gasteiger partial charge in [0.1, 0.15) is 0 Å². The molecule has 0 aliphatic heterocycles. The smallest absolute Gasteiger partial charge is 0.271 e. The minimum atomic E-state index is -0.0737. The van der Waals surface area contributed by atoms with Crippen LogP contribution in [0.2, 0.25) is 0 Å². The van der Waals surface area contributed by atoms with Gasteiger partial charge in [0.05, 0.1) is 17.3 Å². The maximum atomic E-state index is 11.8. The molecule has 0 aliphatic carbocycles. The molecule has 2 aromatic rings. The molecule has 0 bridgehead atoms. The van der Waals surface area contributed by atoms with E-state index >= 15 is 0 Å². The Morgan fingerprint density at radius 1 is 1.33 bits per heavy atom. The van der Waals surface area contributed by atoms with Crippen LogP contribution in [-0.2, 0) is 6.42 Å². The number of nitrogens with zero attached hydrogens (tertiary/aromatic N) is 2. The minimum Gasteiger partial charge on any atom is -0.295 e. The Kier molecular flexibility index (Phi) is 3.33. The normalized spacial score (nSPS) is 10.6. The summed E-state index contributed by atoms with van der Waals surface area (Å²) in [4.78, 5) is 11.8. The van der Waals surface area contributed by atoms with Crippen molar-refractivity contribution in [3.8, 4) is 11.8 Å². The van der Waals surface area contributed by atoms with E-state index in [1.165, 1.54) is 4.68 Å². The molecule has 0 spiro atoms. The van der Waals surface area contributed by atoms with Crippen molar-refractivity contribution in [2.24, 2.45) is 5.92 Å². The zero-order valence-electron chi connectivity index (χ0n) is 10.5. The molecule has 0 aliphatic rings. The Bertz CT molecular complexity index is 626. The third kappa shape index (κ3) is 2.51. The molecule has 0 saturated carbocycles. The Hall–Kier alpha value is -2.28. The van der Waals surface area contributed by atoms with Crippen LogP contribution in [0.3, 0.4) is 0 Å². The number of hydrogen-bond acceptors (Lipinski definition) is 2. The molecule has 18 heavy (non-hydrogen) atoms. The topological polar surface area (TPSA) is 61.6 Å². The van der Waals surface area contributed by atoms with Crippen molar-refractivity contribution in [1.82, 2.24) is 9.78 Å². The van der Waals surface area contributed by atoms with Crippen LogP contribution in [0.25, 0.3) is 5.69 Å². The van der Waals surface area contributed by atoms with Gasteiger partial charge in [-0.15, -0.1) is 0 Å². The maximum absolute atomic E-state index is 11.8. The molecule has 4 nitrogen and oxygen atoms in total. The lowest BCUT2D eigenvalue weighted by atomic mass is 10.1. The average Bonchev–Trinajstić information content (AvgIpc) is 2.69. The summed E-state index contributed by atoms with van der Waals surface area (Å²) >= 11 is 0. The van der Waals surface area contributed by atoms with E-state index in [0.29, 0.717) is 11.5 Å². The Labute approximate surface area is 105 Å². The van der Waals surface area contributed by atoms with E-state index < -0.39 is 0 Å². The molecule has 1 heterocycles. The minimum absolute atomic E-state index is 0.0737. The average molecular weight is 241 g/mol. The molecule has 2 rings (SSSR count). The SMILES string of the molecule is CC(C)Cc1cc(=O)n(-c2ccc(C#N)cc2)[nH]1. The van der Waals surface area contributed by atoms with Crippen LogP contribution < -0.4 is 5.56 Å². The first-order valence-electron chi connectivity index (χ1n) is 5.91. The fourth-order valence-corrected chi connectivity index (χ4v) is 1.87. The van der Waals surface area contributed by atoms with Crippen molar-refractivity contribution >= 4 is 0 Å². The molecule has 92 valence electrons. The maximum Gasteiger partial charge on any atom is 0.271 e. The molecule has 1 N–H and O–H groups in total. The third-order valence-electron chi connectivity index (χ3n) is 2.66. The van der Waals surface area contributed by atoms with E-state index in [2.05, 4.69) is 25.0 Å². The summed E-state index contributed by atoms with van der Waals surface area (Å²) in [7, 11) is 0. The molecule has 4 heteroatoms. The first kappa shape index (κ1) is 12.2. The van der Waals surface area contributed by atoms with Crippen LogP contribution in [0.15, 0.2) is 35.1 Å². The van der Waals surface area contributed by atoms with Crippen molar-refractivity contribution in [2.45, 2.75) is 20.3 Å². The monoisotopic (exact) mass is 241 g/mol. The molecule has 0 unspecified atom stereocenters. The van der Waals surface area contributed by atoms with Crippen LogP contribution in [0.5, 0.6) is 0 Å². The van der Waals surface area contributed by atoms with Gasteiger partial charge in [0.2, 0.25) is 0 Å². The van der Waals surface area contributed by atoms with Gasteiger partial charge in [0.25, 0.3) is 5.56 Å². The van der Waals surface area contributed by atoms with Crippen LogP contribution in [0.4, 0.5) is 0 Å². The van der Waals surface area contributed by atoms with E-state index in [1.807, 2.05) is 0 Å². The lowest BCUT2D eigenvalue weighted by Crippen LogP contribution is -2.13. The first-order chi connectivity index (χ1) is 8.60. The summed E-state index contributed by atoms with van der Waals surface area (Å²) in [5.41, 5.74) is 2.18. The van der Waals surface area contributed by atoms with E-state index in [0.717, 1.165) is 17.8 Å². The number of H-pyrrole nitrogens is 1. The van der Waals surface area contributed by atoms with Gasteiger partial charge < -0.3 is 0 Å². The number of benzene rings is 1. The Morgan fingerprint density at radius 2 is 2.00 bits per heavy atom. The van der Waals surface area contributed by atoms with Gasteiger partial charge in [-0.1, -0.05) is 13.8 Å². The lowest BCUT2D eigenvalue weighted by Gasteiger charge is -2.03. The highest BCUT2D eigenvalue weighted by molar-refractivity contribution is 5.38. The molecule has 1 aromatic carbocycles. The predicted octanol–water partition coefficient (Wildman–Crippen LogP) is 2.24. The predicted molar refractivity (Wildman–Crippen MR) is 69.6 cm³/mol. The number of rotatable bonds is 3. The molecule has 0 radical (unpaired) electrons. The summed E-state index contributed by atoms with van der Waals surface area (Å²) < 4.78 is 1.50.